The van der Waals surface area contributed by atoms with Gasteiger partial charge in [0.1, 0.15) is 11.9 Å². The minimum Gasteiger partial charge on any atom is -0.366 e. The van der Waals surface area contributed by atoms with Crippen LogP contribution in [0.1, 0.15) is 24.7 Å². The van der Waals surface area contributed by atoms with E-state index in [-0.39, 0.29) is 30.0 Å². The summed E-state index contributed by atoms with van der Waals surface area (Å²) < 4.78 is 24.0. The smallest absolute Gasteiger partial charge is 0.253 e. The largest absolute Gasteiger partial charge is 0.366 e. The van der Waals surface area contributed by atoms with Gasteiger partial charge in [-0.2, -0.15) is 4.98 Å². The van der Waals surface area contributed by atoms with Gasteiger partial charge in [0.15, 0.2) is 0 Å². The van der Waals surface area contributed by atoms with Gasteiger partial charge in [0.2, 0.25) is 11.7 Å². The Balaban J connectivity index is 0.00000210. The van der Waals surface area contributed by atoms with E-state index in [1.165, 1.54) is 12.1 Å². The number of ether oxygens (including phenoxy) is 1. The first-order chi connectivity index (χ1) is 12.7. The van der Waals surface area contributed by atoms with Gasteiger partial charge in [-0.1, -0.05) is 5.16 Å². The van der Waals surface area contributed by atoms with Crippen LogP contribution in [0.5, 0.6) is 0 Å². The van der Waals surface area contributed by atoms with E-state index in [9.17, 15) is 9.18 Å². The number of halogens is 2. The molecule has 0 bridgehead atoms. The molecule has 2 aliphatic rings. The third kappa shape index (κ3) is 4.45. The van der Waals surface area contributed by atoms with Crippen LogP contribution in [-0.4, -0.2) is 59.8 Å². The first kappa shape index (κ1) is 19.7. The lowest BCUT2D eigenvalue weighted by molar-refractivity contribution is -0.146. The number of nitrogens with zero attached hydrogens (tertiary/aromatic N) is 3. The third-order valence-corrected chi connectivity index (χ3v) is 4.83. The SMILES string of the molecule is Cl.O=C(C1CNCCO1)N1CCCC(c2nc(-c3ccc(F)cc3)no2)C1. The summed E-state index contributed by atoms with van der Waals surface area (Å²) in [5.41, 5.74) is 0.701. The molecule has 0 radical (unpaired) electrons. The van der Waals surface area contributed by atoms with E-state index >= 15 is 0 Å². The number of hydrogen-bond acceptors (Lipinski definition) is 6. The van der Waals surface area contributed by atoms with Crippen LogP contribution >= 0.6 is 12.4 Å². The van der Waals surface area contributed by atoms with Crippen molar-refractivity contribution in [1.82, 2.24) is 20.4 Å². The van der Waals surface area contributed by atoms with Crippen LogP contribution in [0.3, 0.4) is 0 Å². The van der Waals surface area contributed by atoms with Gasteiger partial charge in [0.05, 0.1) is 12.5 Å². The molecule has 9 heteroatoms. The van der Waals surface area contributed by atoms with Crippen molar-refractivity contribution in [3.63, 3.8) is 0 Å². The molecule has 2 atom stereocenters. The fourth-order valence-electron chi connectivity index (χ4n) is 3.42. The van der Waals surface area contributed by atoms with Crippen molar-refractivity contribution in [2.45, 2.75) is 24.9 Å². The highest BCUT2D eigenvalue weighted by molar-refractivity contribution is 5.85. The highest BCUT2D eigenvalue weighted by atomic mass is 35.5. The molecule has 7 nitrogen and oxygen atoms in total. The van der Waals surface area contributed by atoms with E-state index in [0.29, 0.717) is 43.5 Å². The zero-order valence-corrected chi connectivity index (χ0v) is 15.6. The van der Waals surface area contributed by atoms with E-state index in [4.69, 9.17) is 9.26 Å². The van der Waals surface area contributed by atoms with Crippen LogP contribution in [-0.2, 0) is 9.53 Å². The molecule has 2 saturated heterocycles. The van der Waals surface area contributed by atoms with Crippen molar-refractivity contribution in [3.05, 3.63) is 36.0 Å². The zero-order valence-electron chi connectivity index (χ0n) is 14.8. The molecule has 2 fully saturated rings. The zero-order chi connectivity index (χ0) is 17.9. The van der Waals surface area contributed by atoms with Gasteiger partial charge in [0.25, 0.3) is 5.91 Å². The van der Waals surface area contributed by atoms with Gasteiger partial charge >= 0.3 is 0 Å². The highest BCUT2D eigenvalue weighted by Gasteiger charge is 2.33. The standard InChI is InChI=1S/C18H21FN4O3.ClH/c19-14-5-3-12(4-6-14)16-21-17(26-22-16)13-2-1-8-23(11-13)18(24)15-10-20-7-9-25-15;/h3-6,13,15,20H,1-2,7-11H2;1H. The third-order valence-electron chi connectivity index (χ3n) is 4.83. The van der Waals surface area contributed by atoms with Gasteiger partial charge in [-0.05, 0) is 37.1 Å². The fourth-order valence-corrected chi connectivity index (χ4v) is 3.42. The van der Waals surface area contributed by atoms with Crippen molar-refractivity contribution in [3.8, 4) is 11.4 Å². The molecule has 2 unspecified atom stereocenters. The van der Waals surface area contributed by atoms with Crippen molar-refractivity contribution in [2.75, 3.05) is 32.8 Å². The minimum atomic E-state index is -0.417. The molecule has 3 heterocycles. The maximum Gasteiger partial charge on any atom is 0.253 e. The molecule has 1 aromatic carbocycles. The first-order valence-electron chi connectivity index (χ1n) is 8.91. The second-order valence-electron chi connectivity index (χ2n) is 6.65. The monoisotopic (exact) mass is 396 g/mol. The number of benzene rings is 1. The van der Waals surface area contributed by atoms with E-state index in [1.807, 2.05) is 4.90 Å². The Morgan fingerprint density at radius 1 is 1.30 bits per heavy atom. The number of carbonyl (C=O) groups is 1. The summed E-state index contributed by atoms with van der Waals surface area (Å²) in [6, 6.07) is 5.97. The lowest BCUT2D eigenvalue weighted by Crippen LogP contribution is -2.51. The van der Waals surface area contributed by atoms with Crippen LogP contribution in [0.25, 0.3) is 11.4 Å². The van der Waals surface area contributed by atoms with Crippen molar-refractivity contribution in [1.29, 1.82) is 0 Å². The van der Waals surface area contributed by atoms with Crippen LogP contribution in [0.4, 0.5) is 4.39 Å². The molecule has 1 amide bonds. The van der Waals surface area contributed by atoms with Crippen LogP contribution in [0.2, 0.25) is 0 Å². The normalized spacial score (nSPS) is 22.9. The molecule has 27 heavy (non-hydrogen) atoms. The van der Waals surface area contributed by atoms with Gasteiger partial charge in [0, 0.05) is 31.7 Å². The minimum absolute atomic E-state index is 0. The molecule has 4 rings (SSSR count). The van der Waals surface area contributed by atoms with Crippen LogP contribution in [0.15, 0.2) is 28.8 Å². The number of hydrogen-bond donors (Lipinski definition) is 1. The Bertz CT molecular complexity index is 764. The highest BCUT2D eigenvalue weighted by Crippen LogP contribution is 2.28. The van der Waals surface area contributed by atoms with Gasteiger partial charge < -0.3 is 19.5 Å². The van der Waals surface area contributed by atoms with Crippen molar-refractivity contribution >= 4 is 18.3 Å². The summed E-state index contributed by atoms with van der Waals surface area (Å²) in [7, 11) is 0. The topological polar surface area (TPSA) is 80.5 Å². The Morgan fingerprint density at radius 2 is 2.11 bits per heavy atom. The molecule has 1 aromatic heterocycles. The maximum atomic E-state index is 13.1. The summed E-state index contributed by atoms with van der Waals surface area (Å²) in [4.78, 5) is 18.9. The van der Waals surface area contributed by atoms with Crippen molar-refractivity contribution in [2.24, 2.45) is 0 Å². The summed E-state index contributed by atoms with van der Waals surface area (Å²) in [5.74, 6) is 0.664. The predicted octanol–water partition coefficient (Wildman–Crippen LogP) is 1.99. The molecule has 0 spiro atoms. The first-order valence-corrected chi connectivity index (χ1v) is 8.91. The maximum absolute atomic E-state index is 13.1. The van der Waals surface area contributed by atoms with Gasteiger partial charge in [-0.15, -0.1) is 12.4 Å². The van der Waals surface area contributed by atoms with Gasteiger partial charge in [-0.25, -0.2) is 4.39 Å². The Kier molecular flexibility index (Phi) is 6.41. The summed E-state index contributed by atoms with van der Waals surface area (Å²) in [6.07, 6.45) is 1.35. The number of piperidine rings is 1. The number of amides is 1. The molecule has 1 N–H and O–H groups in total. The molecule has 146 valence electrons. The summed E-state index contributed by atoms with van der Waals surface area (Å²) in [6.45, 7) is 3.14. The molecular weight excluding hydrogens is 375 g/mol. The Morgan fingerprint density at radius 3 is 2.85 bits per heavy atom. The molecule has 0 aliphatic carbocycles. The number of rotatable bonds is 3. The number of carbonyl (C=O) groups excluding carboxylic acids is 1. The molecule has 0 saturated carbocycles. The Hall–Kier alpha value is -2.03. The summed E-state index contributed by atoms with van der Waals surface area (Å²) in [5, 5.41) is 7.19. The molecular formula is C18H22ClFN4O3. The number of morpholine rings is 1. The van der Waals surface area contributed by atoms with Crippen molar-refractivity contribution < 1.29 is 18.4 Å². The van der Waals surface area contributed by atoms with E-state index in [2.05, 4.69) is 15.5 Å². The molecule has 2 aromatic rings. The number of aromatic nitrogens is 2. The predicted molar refractivity (Wildman–Crippen MR) is 98.1 cm³/mol. The van der Waals surface area contributed by atoms with Gasteiger partial charge in [-0.3, -0.25) is 4.79 Å². The van der Waals surface area contributed by atoms with Crippen LogP contribution in [0, 0.1) is 5.82 Å². The quantitative estimate of drug-likeness (QED) is 0.854. The Labute approximate surface area is 162 Å². The second-order valence-corrected chi connectivity index (χ2v) is 6.65. The molecule has 2 aliphatic heterocycles. The van der Waals surface area contributed by atoms with E-state index in [1.54, 1.807) is 12.1 Å². The fraction of sp³-hybridized carbons (Fsp3) is 0.500. The van der Waals surface area contributed by atoms with Crippen LogP contribution < -0.4 is 5.32 Å². The van der Waals surface area contributed by atoms with E-state index < -0.39 is 6.10 Å². The lowest BCUT2D eigenvalue weighted by Gasteiger charge is -2.34. The number of nitrogens with one attached hydrogen (secondary N) is 1. The average Bonchev–Trinajstić information content (AvgIpc) is 3.19. The second kappa shape index (κ2) is 8.77. The number of likely N-dealkylation sites (tertiary alicyclic amines) is 1. The average molecular weight is 397 g/mol. The summed E-state index contributed by atoms with van der Waals surface area (Å²) >= 11 is 0. The lowest BCUT2D eigenvalue weighted by atomic mass is 9.97. The van der Waals surface area contributed by atoms with E-state index in [0.717, 1.165) is 19.4 Å².